The van der Waals surface area contributed by atoms with E-state index in [1.54, 1.807) is 23.6 Å². The molecule has 0 fully saturated rings. The molecule has 2 aromatic rings. The minimum Gasteiger partial charge on any atom is -0.483 e. The van der Waals surface area contributed by atoms with Crippen molar-refractivity contribution in [2.24, 2.45) is 0 Å². The van der Waals surface area contributed by atoms with Crippen molar-refractivity contribution in [3.63, 3.8) is 0 Å². The van der Waals surface area contributed by atoms with Crippen LogP contribution in [0.3, 0.4) is 0 Å². The number of ether oxygens (including phenoxy) is 1. The first-order valence-electron chi connectivity index (χ1n) is 5.96. The van der Waals surface area contributed by atoms with Crippen LogP contribution in [0.1, 0.15) is 15.2 Å². The average Bonchev–Trinajstić information content (AvgIpc) is 2.90. The molecule has 0 saturated carbocycles. The highest BCUT2D eigenvalue weighted by Crippen LogP contribution is 2.22. The fourth-order valence-electron chi connectivity index (χ4n) is 1.52. The third kappa shape index (κ3) is 4.21. The second kappa shape index (κ2) is 6.60. The molecule has 1 amide bonds. The Hall–Kier alpha value is -2.05. The SMILES string of the molecule is Cc1ccc(NC(=O)COc2csc(C(=O)O)c2)cc1Cl. The molecule has 0 aliphatic carbocycles. The topological polar surface area (TPSA) is 75.6 Å². The van der Waals surface area contributed by atoms with E-state index >= 15 is 0 Å². The van der Waals surface area contributed by atoms with Gasteiger partial charge in [-0.25, -0.2) is 4.79 Å². The van der Waals surface area contributed by atoms with E-state index in [2.05, 4.69) is 5.32 Å². The number of aryl methyl sites for hydroxylation is 1. The zero-order chi connectivity index (χ0) is 15.4. The maximum atomic E-state index is 11.7. The smallest absolute Gasteiger partial charge is 0.346 e. The van der Waals surface area contributed by atoms with E-state index in [0.29, 0.717) is 16.5 Å². The normalized spacial score (nSPS) is 10.2. The number of thiophene rings is 1. The molecule has 110 valence electrons. The van der Waals surface area contributed by atoms with Gasteiger partial charge < -0.3 is 15.2 Å². The maximum Gasteiger partial charge on any atom is 0.346 e. The van der Waals surface area contributed by atoms with Gasteiger partial charge in [0.25, 0.3) is 5.91 Å². The number of carbonyl (C=O) groups is 2. The van der Waals surface area contributed by atoms with Crippen LogP contribution in [-0.2, 0) is 4.79 Å². The van der Waals surface area contributed by atoms with Crippen LogP contribution < -0.4 is 10.1 Å². The van der Waals surface area contributed by atoms with Gasteiger partial charge in [0, 0.05) is 22.2 Å². The van der Waals surface area contributed by atoms with Crippen LogP contribution in [0.2, 0.25) is 5.02 Å². The van der Waals surface area contributed by atoms with Crippen LogP contribution in [0.25, 0.3) is 0 Å². The summed E-state index contributed by atoms with van der Waals surface area (Å²) in [6.45, 7) is 1.66. The number of carboxylic acid groups (broad SMARTS) is 1. The average molecular weight is 326 g/mol. The van der Waals surface area contributed by atoms with Gasteiger partial charge in [0.15, 0.2) is 6.61 Å². The number of amides is 1. The van der Waals surface area contributed by atoms with Crippen LogP contribution in [0, 0.1) is 6.92 Å². The Bertz CT molecular complexity index is 683. The molecule has 0 aliphatic heterocycles. The largest absolute Gasteiger partial charge is 0.483 e. The minimum atomic E-state index is -1.02. The van der Waals surface area contributed by atoms with Gasteiger partial charge in [0.05, 0.1) is 0 Å². The molecular formula is C14H12ClNO4S. The summed E-state index contributed by atoms with van der Waals surface area (Å²) >= 11 is 7.01. The molecule has 0 radical (unpaired) electrons. The molecule has 0 unspecified atom stereocenters. The second-order valence-corrected chi connectivity index (χ2v) is 5.57. The quantitative estimate of drug-likeness (QED) is 0.883. The van der Waals surface area contributed by atoms with Gasteiger partial charge in [0.2, 0.25) is 0 Å². The van der Waals surface area contributed by atoms with Crippen molar-refractivity contribution < 1.29 is 19.4 Å². The molecule has 1 aromatic heterocycles. The Labute approximate surface area is 130 Å². The standard InChI is InChI=1S/C14H12ClNO4S/c1-8-2-3-9(4-11(8)15)16-13(17)6-20-10-5-12(14(18)19)21-7-10/h2-5,7H,6H2,1H3,(H,16,17)(H,18,19). The Morgan fingerprint density at radius 1 is 1.38 bits per heavy atom. The summed E-state index contributed by atoms with van der Waals surface area (Å²) in [4.78, 5) is 22.6. The molecule has 0 aliphatic rings. The second-order valence-electron chi connectivity index (χ2n) is 4.25. The highest BCUT2D eigenvalue weighted by Gasteiger charge is 2.09. The van der Waals surface area contributed by atoms with Crippen molar-refractivity contribution in [3.8, 4) is 5.75 Å². The van der Waals surface area contributed by atoms with E-state index in [1.165, 1.54) is 6.07 Å². The number of carbonyl (C=O) groups excluding carboxylic acids is 1. The molecule has 7 heteroatoms. The fraction of sp³-hybridized carbons (Fsp3) is 0.143. The number of hydrogen-bond donors (Lipinski definition) is 2. The molecule has 0 bridgehead atoms. The number of rotatable bonds is 5. The van der Waals surface area contributed by atoms with E-state index in [0.717, 1.165) is 16.9 Å². The van der Waals surface area contributed by atoms with E-state index in [9.17, 15) is 9.59 Å². The maximum absolute atomic E-state index is 11.7. The van der Waals surface area contributed by atoms with E-state index in [4.69, 9.17) is 21.4 Å². The van der Waals surface area contributed by atoms with Crippen LogP contribution in [-0.4, -0.2) is 23.6 Å². The van der Waals surface area contributed by atoms with Crippen molar-refractivity contribution in [2.75, 3.05) is 11.9 Å². The number of aromatic carboxylic acids is 1. The molecule has 0 saturated heterocycles. The Morgan fingerprint density at radius 3 is 2.76 bits per heavy atom. The first-order valence-corrected chi connectivity index (χ1v) is 7.22. The molecule has 1 heterocycles. The van der Waals surface area contributed by atoms with Crippen LogP contribution in [0.15, 0.2) is 29.6 Å². The molecule has 2 N–H and O–H groups in total. The molecule has 1 aromatic carbocycles. The first-order chi connectivity index (χ1) is 9.95. The summed E-state index contributed by atoms with van der Waals surface area (Å²) in [6.07, 6.45) is 0. The van der Waals surface area contributed by atoms with Gasteiger partial charge in [-0.2, -0.15) is 0 Å². The molecule has 5 nitrogen and oxygen atoms in total. The van der Waals surface area contributed by atoms with Gasteiger partial charge in [-0.3, -0.25) is 4.79 Å². The first kappa shape index (κ1) is 15.3. The molecule has 2 rings (SSSR count). The Balaban J connectivity index is 1.89. The van der Waals surface area contributed by atoms with Crippen molar-refractivity contribution in [2.45, 2.75) is 6.92 Å². The summed E-state index contributed by atoms with van der Waals surface area (Å²) in [5.41, 5.74) is 1.50. The lowest BCUT2D eigenvalue weighted by Crippen LogP contribution is -2.20. The summed E-state index contributed by atoms with van der Waals surface area (Å²) < 4.78 is 5.23. The number of hydrogen-bond acceptors (Lipinski definition) is 4. The van der Waals surface area contributed by atoms with Gasteiger partial charge in [-0.05, 0) is 24.6 Å². The van der Waals surface area contributed by atoms with Gasteiger partial charge in [-0.15, -0.1) is 11.3 Å². The van der Waals surface area contributed by atoms with Gasteiger partial charge in [-0.1, -0.05) is 17.7 Å². The van der Waals surface area contributed by atoms with E-state index in [-0.39, 0.29) is 17.4 Å². The highest BCUT2D eigenvalue weighted by atomic mass is 35.5. The zero-order valence-electron chi connectivity index (χ0n) is 11.1. The van der Waals surface area contributed by atoms with Crippen molar-refractivity contribution in [1.82, 2.24) is 0 Å². The molecule has 0 spiro atoms. The third-order valence-electron chi connectivity index (χ3n) is 2.61. The molecule has 0 atom stereocenters. The number of carboxylic acids is 1. The van der Waals surface area contributed by atoms with Crippen LogP contribution in [0.4, 0.5) is 5.69 Å². The summed E-state index contributed by atoms with van der Waals surface area (Å²) in [5, 5.41) is 13.5. The predicted octanol–water partition coefficient (Wildman–Crippen LogP) is 3.43. The minimum absolute atomic E-state index is 0.163. The lowest BCUT2D eigenvalue weighted by Gasteiger charge is -2.07. The third-order valence-corrected chi connectivity index (χ3v) is 3.92. The van der Waals surface area contributed by atoms with Crippen LogP contribution in [0.5, 0.6) is 5.75 Å². The monoisotopic (exact) mass is 325 g/mol. The van der Waals surface area contributed by atoms with Crippen molar-refractivity contribution in [3.05, 3.63) is 45.1 Å². The number of anilines is 1. The Morgan fingerprint density at radius 2 is 2.14 bits per heavy atom. The lowest BCUT2D eigenvalue weighted by molar-refractivity contribution is -0.118. The Kier molecular flexibility index (Phi) is 4.82. The van der Waals surface area contributed by atoms with Crippen molar-refractivity contribution in [1.29, 1.82) is 0 Å². The molecular weight excluding hydrogens is 314 g/mol. The molecule has 21 heavy (non-hydrogen) atoms. The summed E-state index contributed by atoms with van der Waals surface area (Å²) in [7, 11) is 0. The fourth-order valence-corrected chi connectivity index (χ4v) is 2.37. The predicted molar refractivity (Wildman–Crippen MR) is 81.6 cm³/mol. The number of benzene rings is 1. The van der Waals surface area contributed by atoms with E-state index in [1.807, 2.05) is 6.92 Å². The van der Waals surface area contributed by atoms with E-state index < -0.39 is 5.97 Å². The highest BCUT2D eigenvalue weighted by molar-refractivity contribution is 7.12. The van der Waals surface area contributed by atoms with Gasteiger partial charge in [0.1, 0.15) is 10.6 Å². The summed E-state index contributed by atoms with van der Waals surface area (Å²) in [6, 6.07) is 6.58. The number of halogens is 1. The number of nitrogens with one attached hydrogen (secondary N) is 1. The summed E-state index contributed by atoms with van der Waals surface area (Å²) in [5.74, 6) is -1.01. The van der Waals surface area contributed by atoms with Crippen LogP contribution >= 0.6 is 22.9 Å². The van der Waals surface area contributed by atoms with Crippen molar-refractivity contribution >= 4 is 40.5 Å². The zero-order valence-corrected chi connectivity index (χ0v) is 12.6. The van der Waals surface area contributed by atoms with Gasteiger partial charge >= 0.3 is 5.97 Å². The lowest BCUT2D eigenvalue weighted by atomic mass is 10.2.